The number of hydrogen-bond donors (Lipinski definition) is 1. The van der Waals surface area contributed by atoms with Gasteiger partial charge in [-0.15, -0.1) is 0 Å². The van der Waals surface area contributed by atoms with E-state index in [1.807, 2.05) is 19.1 Å². The van der Waals surface area contributed by atoms with Crippen molar-refractivity contribution in [3.63, 3.8) is 0 Å². The molecule has 1 rings (SSSR count). The summed E-state index contributed by atoms with van der Waals surface area (Å²) < 4.78 is 0. The van der Waals surface area contributed by atoms with Crippen LogP contribution in [0, 0.1) is 12.8 Å². The highest BCUT2D eigenvalue weighted by Crippen LogP contribution is 2.22. The van der Waals surface area contributed by atoms with Crippen molar-refractivity contribution in [1.29, 1.82) is 0 Å². The molecule has 1 aromatic rings. The maximum absolute atomic E-state index is 10.7. The second kappa shape index (κ2) is 4.47. The summed E-state index contributed by atoms with van der Waals surface area (Å²) in [6, 6.07) is 5.60. The van der Waals surface area contributed by atoms with Crippen molar-refractivity contribution in [3.05, 3.63) is 34.3 Å². The third-order valence-electron chi connectivity index (χ3n) is 2.28. The van der Waals surface area contributed by atoms with Crippen molar-refractivity contribution < 1.29 is 9.90 Å². The number of carbonyl (C=O) groups is 1. The first-order chi connectivity index (χ1) is 6.52. The lowest BCUT2D eigenvalue weighted by molar-refractivity contribution is -0.141. The van der Waals surface area contributed by atoms with Crippen LogP contribution < -0.4 is 0 Å². The van der Waals surface area contributed by atoms with Gasteiger partial charge in [-0.1, -0.05) is 30.7 Å². The number of carboxylic acid groups (broad SMARTS) is 1. The molecule has 1 N–H and O–H groups in total. The average molecular weight is 213 g/mol. The highest BCUT2D eigenvalue weighted by Gasteiger charge is 2.14. The number of aliphatic carboxylic acids is 1. The van der Waals surface area contributed by atoms with Crippen molar-refractivity contribution >= 4 is 17.6 Å². The first-order valence-electron chi connectivity index (χ1n) is 4.49. The Morgan fingerprint density at radius 2 is 2.21 bits per heavy atom. The molecule has 1 atom stereocenters. The van der Waals surface area contributed by atoms with E-state index in [1.165, 1.54) is 0 Å². The quantitative estimate of drug-likeness (QED) is 0.837. The first-order valence-corrected chi connectivity index (χ1v) is 4.87. The van der Waals surface area contributed by atoms with Crippen LogP contribution in [0.25, 0.3) is 0 Å². The Kier molecular flexibility index (Phi) is 3.53. The maximum Gasteiger partial charge on any atom is 0.306 e. The summed E-state index contributed by atoms with van der Waals surface area (Å²) in [6.07, 6.45) is 0.487. The molecule has 0 aromatic heterocycles. The van der Waals surface area contributed by atoms with Crippen molar-refractivity contribution in [2.45, 2.75) is 20.3 Å². The summed E-state index contributed by atoms with van der Waals surface area (Å²) in [6.45, 7) is 3.63. The third kappa shape index (κ3) is 2.48. The van der Waals surface area contributed by atoms with E-state index in [-0.39, 0.29) is 0 Å². The predicted molar refractivity (Wildman–Crippen MR) is 56.7 cm³/mol. The molecule has 14 heavy (non-hydrogen) atoms. The Morgan fingerprint density at radius 3 is 2.71 bits per heavy atom. The minimum absolute atomic E-state index is 0.395. The van der Waals surface area contributed by atoms with Gasteiger partial charge in [-0.25, -0.2) is 0 Å². The van der Waals surface area contributed by atoms with E-state index in [4.69, 9.17) is 16.7 Å². The SMILES string of the molecule is Cc1cccc(Cl)c1CC(C)C(=O)O. The molecule has 3 heteroatoms. The van der Waals surface area contributed by atoms with Crippen LogP contribution in [0.4, 0.5) is 0 Å². The molecule has 2 nitrogen and oxygen atoms in total. The van der Waals surface area contributed by atoms with Crippen molar-refractivity contribution in [3.8, 4) is 0 Å². The highest BCUT2D eigenvalue weighted by molar-refractivity contribution is 6.31. The standard InChI is InChI=1S/C11H13ClO2/c1-7-4-3-5-10(12)9(7)6-8(2)11(13)14/h3-5,8H,6H2,1-2H3,(H,13,14). The van der Waals surface area contributed by atoms with Gasteiger partial charge in [0.15, 0.2) is 0 Å². The number of benzene rings is 1. The van der Waals surface area contributed by atoms with Crippen LogP contribution in [-0.2, 0) is 11.2 Å². The van der Waals surface area contributed by atoms with E-state index >= 15 is 0 Å². The van der Waals surface area contributed by atoms with Gasteiger partial charge in [0.05, 0.1) is 5.92 Å². The monoisotopic (exact) mass is 212 g/mol. The van der Waals surface area contributed by atoms with Crippen LogP contribution in [0.15, 0.2) is 18.2 Å². The number of carboxylic acids is 1. The van der Waals surface area contributed by atoms with Gasteiger partial charge >= 0.3 is 5.97 Å². The van der Waals surface area contributed by atoms with Gasteiger partial charge in [0.1, 0.15) is 0 Å². The van der Waals surface area contributed by atoms with E-state index in [2.05, 4.69) is 0 Å². The summed E-state index contributed by atoms with van der Waals surface area (Å²) >= 11 is 5.99. The van der Waals surface area contributed by atoms with Crippen LogP contribution in [0.2, 0.25) is 5.02 Å². The Labute approximate surface area is 88.5 Å². The fourth-order valence-corrected chi connectivity index (χ4v) is 1.62. The van der Waals surface area contributed by atoms with Gasteiger partial charge in [0, 0.05) is 5.02 Å². The lowest BCUT2D eigenvalue weighted by Gasteiger charge is -2.10. The van der Waals surface area contributed by atoms with Gasteiger partial charge in [0.25, 0.3) is 0 Å². The molecule has 0 aliphatic rings. The fourth-order valence-electron chi connectivity index (χ4n) is 1.32. The minimum Gasteiger partial charge on any atom is -0.481 e. The molecule has 1 aromatic carbocycles. The van der Waals surface area contributed by atoms with Gasteiger partial charge < -0.3 is 5.11 Å². The zero-order valence-electron chi connectivity index (χ0n) is 8.25. The summed E-state index contributed by atoms with van der Waals surface area (Å²) in [5, 5.41) is 9.43. The van der Waals surface area contributed by atoms with Crippen LogP contribution >= 0.6 is 11.6 Å². The number of hydrogen-bond acceptors (Lipinski definition) is 1. The fraction of sp³-hybridized carbons (Fsp3) is 0.364. The van der Waals surface area contributed by atoms with Gasteiger partial charge in [-0.3, -0.25) is 4.79 Å². The molecule has 1 unspecified atom stereocenters. The molecule has 0 saturated carbocycles. The normalized spacial score (nSPS) is 12.5. The Balaban J connectivity index is 2.91. The largest absolute Gasteiger partial charge is 0.481 e. The van der Waals surface area contributed by atoms with E-state index in [0.717, 1.165) is 11.1 Å². The maximum atomic E-state index is 10.7. The predicted octanol–water partition coefficient (Wildman–Crippen LogP) is 2.91. The number of aryl methyl sites for hydroxylation is 1. The van der Waals surface area contributed by atoms with E-state index in [9.17, 15) is 4.79 Å². The zero-order chi connectivity index (χ0) is 10.7. The molecular formula is C11H13ClO2. The van der Waals surface area contributed by atoms with Crippen LogP contribution in [0.5, 0.6) is 0 Å². The highest BCUT2D eigenvalue weighted by atomic mass is 35.5. The molecule has 0 aliphatic carbocycles. The average Bonchev–Trinajstić information content (AvgIpc) is 2.11. The lowest BCUT2D eigenvalue weighted by Crippen LogP contribution is -2.13. The van der Waals surface area contributed by atoms with Crippen molar-refractivity contribution in [2.75, 3.05) is 0 Å². The smallest absolute Gasteiger partial charge is 0.306 e. The Bertz CT molecular complexity index is 327. The molecule has 0 amide bonds. The number of halogens is 1. The topological polar surface area (TPSA) is 37.3 Å². The van der Waals surface area contributed by atoms with Gasteiger partial charge in [0.2, 0.25) is 0 Å². The Morgan fingerprint density at radius 1 is 1.57 bits per heavy atom. The second-order valence-electron chi connectivity index (χ2n) is 3.48. The zero-order valence-corrected chi connectivity index (χ0v) is 9.01. The summed E-state index contributed by atoms with van der Waals surface area (Å²) in [4.78, 5) is 10.7. The van der Waals surface area contributed by atoms with Crippen molar-refractivity contribution in [1.82, 2.24) is 0 Å². The van der Waals surface area contributed by atoms with Crippen molar-refractivity contribution in [2.24, 2.45) is 5.92 Å². The van der Waals surface area contributed by atoms with Crippen LogP contribution in [-0.4, -0.2) is 11.1 Å². The second-order valence-corrected chi connectivity index (χ2v) is 3.89. The lowest BCUT2D eigenvalue weighted by atomic mass is 9.97. The molecule has 0 aliphatic heterocycles. The van der Waals surface area contributed by atoms with Crippen LogP contribution in [0.1, 0.15) is 18.1 Å². The molecule has 0 fully saturated rings. The Hall–Kier alpha value is -1.02. The summed E-state index contributed by atoms with van der Waals surface area (Å²) in [5.74, 6) is -1.18. The minimum atomic E-state index is -0.788. The molecule has 0 radical (unpaired) electrons. The molecule has 76 valence electrons. The van der Waals surface area contributed by atoms with Crippen LogP contribution in [0.3, 0.4) is 0 Å². The molecule has 0 spiro atoms. The van der Waals surface area contributed by atoms with E-state index in [1.54, 1.807) is 13.0 Å². The van der Waals surface area contributed by atoms with E-state index in [0.29, 0.717) is 11.4 Å². The molecular weight excluding hydrogens is 200 g/mol. The summed E-state index contributed by atoms with van der Waals surface area (Å²) in [5.41, 5.74) is 1.98. The molecule has 0 heterocycles. The molecule has 0 bridgehead atoms. The summed E-state index contributed by atoms with van der Waals surface area (Å²) in [7, 11) is 0. The third-order valence-corrected chi connectivity index (χ3v) is 2.64. The van der Waals surface area contributed by atoms with Gasteiger partial charge in [-0.05, 0) is 30.5 Å². The number of rotatable bonds is 3. The molecule has 0 saturated heterocycles. The van der Waals surface area contributed by atoms with Gasteiger partial charge in [-0.2, -0.15) is 0 Å². The van der Waals surface area contributed by atoms with E-state index < -0.39 is 11.9 Å². The first kappa shape index (κ1) is 11.1.